The third-order valence-corrected chi connectivity index (χ3v) is 8.87. The van der Waals surface area contributed by atoms with Crippen LogP contribution in [-0.2, 0) is 20.9 Å². The Morgan fingerprint density at radius 2 is 1.74 bits per heavy atom. The van der Waals surface area contributed by atoms with Gasteiger partial charge in [-0.15, -0.1) is 0 Å². The van der Waals surface area contributed by atoms with Crippen LogP contribution in [-0.4, -0.2) is 107 Å². The summed E-state index contributed by atoms with van der Waals surface area (Å²) >= 11 is 0. The van der Waals surface area contributed by atoms with Gasteiger partial charge in [0.15, 0.2) is 0 Å². The summed E-state index contributed by atoms with van der Waals surface area (Å²) in [5.74, 6) is 5.72. The number of unbranched alkanes of at least 4 members (excludes halogenated alkanes) is 2. The maximum atomic E-state index is 13.0. The minimum Gasteiger partial charge on any atom is -0.444 e. The maximum absolute atomic E-state index is 13.0. The number of carbonyl (C=O) groups is 4. The molecular weight excluding hydrogens is 546 g/mol. The molecule has 1 atom stereocenters. The Labute approximate surface area is 255 Å². The number of nitrogens with zero attached hydrogens (tertiary/aromatic N) is 4. The van der Waals surface area contributed by atoms with Crippen molar-refractivity contribution in [1.82, 2.24) is 24.9 Å². The number of likely N-dealkylation sites (tertiary alicyclic amines) is 1. The lowest BCUT2D eigenvalue weighted by Gasteiger charge is -2.42. The Morgan fingerprint density at radius 1 is 1.00 bits per heavy atom. The van der Waals surface area contributed by atoms with Crippen molar-refractivity contribution in [2.75, 3.05) is 45.8 Å². The summed E-state index contributed by atoms with van der Waals surface area (Å²) in [6.07, 6.45) is 5.33. The van der Waals surface area contributed by atoms with Crippen molar-refractivity contribution in [3.8, 4) is 11.8 Å². The summed E-state index contributed by atoms with van der Waals surface area (Å²) in [6, 6.07) is 5.51. The predicted molar refractivity (Wildman–Crippen MR) is 162 cm³/mol. The molecule has 1 N–H and O–H groups in total. The molecule has 0 aromatic heterocycles. The lowest BCUT2D eigenvalue weighted by atomic mass is 10.0. The van der Waals surface area contributed by atoms with Crippen molar-refractivity contribution in [3.63, 3.8) is 0 Å². The van der Waals surface area contributed by atoms with Crippen LogP contribution in [0.15, 0.2) is 18.2 Å². The molecule has 10 heteroatoms. The third kappa shape index (κ3) is 7.76. The molecule has 43 heavy (non-hydrogen) atoms. The summed E-state index contributed by atoms with van der Waals surface area (Å²) in [5.41, 5.74) is 1.86. The number of fused-ring (bicyclic) bond motifs is 1. The highest BCUT2D eigenvalue weighted by atomic mass is 16.6. The van der Waals surface area contributed by atoms with Crippen LogP contribution < -0.4 is 5.32 Å². The zero-order valence-corrected chi connectivity index (χ0v) is 25.8. The second-order valence-electron chi connectivity index (χ2n) is 13.1. The van der Waals surface area contributed by atoms with Crippen molar-refractivity contribution < 1.29 is 23.9 Å². The van der Waals surface area contributed by atoms with Gasteiger partial charge >= 0.3 is 6.09 Å². The molecular formula is C33H45N5O5. The Hall–Kier alpha value is -3.42. The number of rotatable bonds is 6. The molecule has 0 bridgehead atoms. The first-order chi connectivity index (χ1) is 20.6. The molecule has 4 aliphatic heterocycles. The van der Waals surface area contributed by atoms with E-state index in [1.807, 2.05) is 37.8 Å². The van der Waals surface area contributed by atoms with Gasteiger partial charge in [-0.1, -0.05) is 17.9 Å². The first kappa shape index (κ1) is 31.0. The molecule has 10 nitrogen and oxygen atoms in total. The fourth-order valence-corrected chi connectivity index (χ4v) is 6.50. The lowest BCUT2D eigenvalue weighted by Crippen LogP contribution is -2.54. The van der Waals surface area contributed by atoms with Crippen molar-refractivity contribution in [2.45, 2.75) is 89.9 Å². The standard InChI is InChI=1S/C33H45N5O5/c1-33(2,3)43-32(42)37-17-14-25(15-18-37)36-21-19-35(20-22-36)16-7-5-4-6-9-24-10-8-11-26-27(24)23-38(31(26)41)28-12-13-29(39)34-30(28)40/h8,10-11,25,28H,4-5,7,12-23H2,1-3H3,(H,34,39,40). The van der Waals surface area contributed by atoms with Gasteiger partial charge in [0, 0.05) is 75.8 Å². The number of piperidine rings is 2. The summed E-state index contributed by atoms with van der Waals surface area (Å²) < 4.78 is 5.53. The number of piperazine rings is 1. The number of ether oxygens (including phenoxy) is 1. The van der Waals surface area contributed by atoms with Crippen LogP contribution in [0.5, 0.6) is 0 Å². The van der Waals surface area contributed by atoms with E-state index in [4.69, 9.17) is 4.74 Å². The van der Waals surface area contributed by atoms with Gasteiger partial charge in [-0.3, -0.25) is 24.6 Å². The average molecular weight is 592 g/mol. The van der Waals surface area contributed by atoms with E-state index < -0.39 is 17.6 Å². The third-order valence-electron chi connectivity index (χ3n) is 8.87. The number of nitrogens with one attached hydrogen (secondary N) is 1. The van der Waals surface area contributed by atoms with Gasteiger partial charge in [0.2, 0.25) is 11.8 Å². The predicted octanol–water partition coefficient (Wildman–Crippen LogP) is 2.99. The first-order valence-corrected chi connectivity index (χ1v) is 15.8. The fraction of sp³-hybridized carbons (Fsp3) is 0.636. The number of imide groups is 1. The Bertz CT molecular complexity index is 1280. The SMILES string of the molecule is CC(C)(C)OC(=O)N1CCC(N2CCN(CCCCC#Cc3cccc4c3CN(C3CCC(=O)NC3=O)C4=O)CC2)CC1. The van der Waals surface area contributed by atoms with Crippen molar-refractivity contribution in [1.29, 1.82) is 0 Å². The number of hydrogen-bond acceptors (Lipinski definition) is 7. The van der Waals surface area contributed by atoms with Gasteiger partial charge < -0.3 is 19.4 Å². The second kappa shape index (κ2) is 13.5. The highest BCUT2D eigenvalue weighted by Crippen LogP contribution is 2.29. The molecule has 1 unspecified atom stereocenters. The molecule has 4 aliphatic rings. The lowest BCUT2D eigenvalue weighted by molar-refractivity contribution is -0.136. The molecule has 1 aromatic rings. The quantitative estimate of drug-likeness (QED) is 0.308. The van der Waals surface area contributed by atoms with Crippen LogP contribution in [0.2, 0.25) is 0 Å². The van der Waals surface area contributed by atoms with Gasteiger partial charge in [-0.25, -0.2) is 4.79 Å². The van der Waals surface area contributed by atoms with E-state index in [1.54, 1.807) is 11.0 Å². The van der Waals surface area contributed by atoms with E-state index >= 15 is 0 Å². The Kier molecular flexibility index (Phi) is 9.72. The highest BCUT2D eigenvalue weighted by molar-refractivity contribution is 6.05. The van der Waals surface area contributed by atoms with Crippen LogP contribution in [0.4, 0.5) is 4.79 Å². The molecule has 4 amide bonds. The van der Waals surface area contributed by atoms with Crippen LogP contribution in [0.1, 0.15) is 87.2 Å². The zero-order chi connectivity index (χ0) is 30.6. The van der Waals surface area contributed by atoms with Crippen LogP contribution >= 0.6 is 0 Å². The summed E-state index contributed by atoms with van der Waals surface area (Å²) in [6.45, 7) is 13.0. The number of hydrogen-bond donors (Lipinski definition) is 1. The number of benzene rings is 1. The average Bonchev–Trinajstić information content (AvgIpc) is 3.31. The second-order valence-corrected chi connectivity index (χ2v) is 13.1. The minimum absolute atomic E-state index is 0.167. The Balaban J connectivity index is 1.00. The van der Waals surface area contributed by atoms with E-state index in [0.29, 0.717) is 24.6 Å². The van der Waals surface area contributed by atoms with E-state index in [-0.39, 0.29) is 24.3 Å². The molecule has 232 valence electrons. The molecule has 0 spiro atoms. The van der Waals surface area contributed by atoms with Gasteiger partial charge in [0.05, 0.1) is 0 Å². The highest BCUT2D eigenvalue weighted by Gasteiger charge is 2.39. The molecule has 0 aliphatic carbocycles. The van der Waals surface area contributed by atoms with E-state index in [2.05, 4.69) is 27.0 Å². The van der Waals surface area contributed by atoms with Crippen LogP contribution in [0.3, 0.4) is 0 Å². The van der Waals surface area contributed by atoms with Crippen molar-refractivity contribution in [3.05, 3.63) is 34.9 Å². The smallest absolute Gasteiger partial charge is 0.410 e. The van der Waals surface area contributed by atoms with E-state index in [0.717, 1.165) is 89.0 Å². The summed E-state index contributed by atoms with van der Waals surface area (Å²) in [4.78, 5) is 57.8. The monoisotopic (exact) mass is 591 g/mol. The molecule has 1 aromatic carbocycles. The zero-order valence-electron chi connectivity index (χ0n) is 25.8. The summed E-state index contributed by atoms with van der Waals surface area (Å²) in [7, 11) is 0. The van der Waals surface area contributed by atoms with Crippen LogP contribution in [0.25, 0.3) is 0 Å². The Morgan fingerprint density at radius 3 is 2.44 bits per heavy atom. The topological polar surface area (TPSA) is 102 Å². The maximum Gasteiger partial charge on any atom is 0.410 e. The molecule has 3 fully saturated rings. The summed E-state index contributed by atoms with van der Waals surface area (Å²) in [5, 5.41) is 2.35. The fourth-order valence-electron chi connectivity index (χ4n) is 6.50. The molecule has 3 saturated heterocycles. The molecule has 0 saturated carbocycles. The normalized spacial score (nSPS) is 22.2. The van der Waals surface area contributed by atoms with Crippen LogP contribution in [0, 0.1) is 11.8 Å². The largest absolute Gasteiger partial charge is 0.444 e. The van der Waals surface area contributed by atoms with Gasteiger partial charge in [0.1, 0.15) is 11.6 Å². The number of amides is 4. The van der Waals surface area contributed by atoms with Crippen molar-refractivity contribution in [2.24, 2.45) is 0 Å². The molecule has 5 rings (SSSR count). The van der Waals surface area contributed by atoms with E-state index in [1.165, 1.54) is 0 Å². The first-order valence-electron chi connectivity index (χ1n) is 15.8. The van der Waals surface area contributed by atoms with Gasteiger partial charge in [-0.05, 0) is 77.1 Å². The molecule has 0 radical (unpaired) electrons. The van der Waals surface area contributed by atoms with Gasteiger partial charge in [0.25, 0.3) is 5.91 Å². The minimum atomic E-state index is -0.613. The number of carbonyl (C=O) groups excluding carboxylic acids is 4. The van der Waals surface area contributed by atoms with Gasteiger partial charge in [-0.2, -0.15) is 0 Å². The van der Waals surface area contributed by atoms with Crippen molar-refractivity contribution >= 4 is 23.8 Å². The van der Waals surface area contributed by atoms with E-state index in [9.17, 15) is 19.2 Å². The molecule has 4 heterocycles.